The second-order valence-corrected chi connectivity index (χ2v) is 9.36. The third-order valence-electron chi connectivity index (χ3n) is 4.10. The van der Waals surface area contributed by atoms with Crippen molar-refractivity contribution in [1.29, 1.82) is 5.53 Å². The van der Waals surface area contributed by atoms with Crippen molar-refractivity contribution in [3.05, 3.63) is 11.1 Å². The van der Waals surface area contributed by atoms with Crippen LogP contribution in [-0.2, 0) is 24.0 Å². The van der Waals surface area contributed by atoms with Crippen molar-refractivity contribution in [2.24, 2.45) is 10.3 Å². The molecule has 0 spiro atoms. The average molecular weight is 498 g/mol. The Kier molecular flexibility index (Phi) is 8.02. The van der Waals surface area contributed by atoms with Crippen LogP contribution in [0.5, 0.6) is 0 Å². The SMILES string of the molecule is CC(C)(C)OC(=O)Nc1nc(C(=NOC(C)(C)C(=O)O)C(=O)N[C@@H]2C(=O)N[C@@H]2CN=[N+]=N)cs1. The zero-order chi connectivity index (χ0) is 25.7. The van der Waals surface area contributed by atoms with E-state index in [1.807, 2.05) is 0 Å². The van der Waals surface area contributed by atoms with Gasteiger partial charge in [-0.05, 0) is 34.6 Å². The summed E-state index contributed by atoms with van der Waals surface area (Å²) in [5.41, 5.74) is 3.72. The quantitative estimate of drug-likeness (QED) is 0.107. The molecule has 3 amide bonds. The molecule has 0 radical (unpaired) electrons. The number of thiazole rings is 1. The number of amides is 3. The van der Waals surface area contributed by atoms with Crippen LogP contribution in [0.15, 0.2) is 15.7 Å². The highest BCUT2D eigenvalue weighted by atomic mass is 32.1. The number of carboxylic acids is 1. The third kappa shape index (κ3) is 7.05. The number of hydrogen-bond donors (Lipinski definition) is 5. The molecule has 0 unspecified atom stereocenters. The van der Waals surface area contributed by atoms with E-state index in [0.29, 0.717) is 0 Å². The number of rotatable bonds is 9. The van der Waals surface area contributed by atoms with Gasteiger partial charge in [0.1, 0.15) is 34.5 Å². The van der Waals surface area contributed by atoms with Crippen LogP contribution >= 0.6 is 11.3 Å². The third-order valence-corrected chi connectivity index (χ3v) is 4.86. The van der Waals surface area contributed by atoms with Crippen molar-refractivity contribution in [3.63, 3.8) is 0 Å². The number of aliphatic carboxylic acids is 1. The van der Waals surface area contributed by atoms with Gasteiger partial charge in [0, 0.05) is 5.38 Å². The number of nitrogens with zero attached hydrogens (tertiary/aromatic N) is 4. The minimum atomic E-state index is -1.77. The second kappa shape index (κ2) is 10.4. The van der Waals surface area contributed by atoms with Gasteiger partial charge in [-0.3, -0.25) is 14.9 Å². The fraction of sp³-hybridized carbons (Fsp3) is 0.556. The number of carbonyl (C=O) groups is 4. The Balaban J connectivity index is 2.26. The summed E-state index contributed by atoms with van der Waals surface area (Å²) in [6, 6.07) is -1.59. The van der Waals surface area contributed by atoms with Crippen molar-refractivity contribution in [2.45, 2.75) is 57.9 Å². The fourth-order valence-corrected chi connectivity index (χ4v) is 3.01. The molecule has 1 aliphatic heterocycles. The standard InChI is InChI=1S/C18H24N8O7S/c1-17(2,3)32-16(31)24-15-22-9(7-34-15)11(25-33-18(4,5)14(29)30)13(28)23-10-8(6-20-26-19)21-12(10)27/h7-8,10,19H,6H2,1-5H3,(H3-,21,22,23,24,27,28,29,30,31)/p+1/t8-,10+/m1/s1. The van der Waals surface area contributed by atoms with Crippen molar-refractivity contribution in [1.82, 2.24) is 20.5 Å². The first-order chi connectivity index (χ1) is 15.7. The Bertz CT molecular complexity index is 1050. The summed E-state index contributed by atoms with van der Waals surface area (Å²) in [5, 5.41) is 25.3. The van der Waals surface area contributed by atoms with E-state index in [1.165, 1.54) is 19.2 Å². The summed E-state index contributed by atoms with van der Waals surface area (Å²) in [7, 11) is 0. The van der Waals surface area contributed by atoms with Gasteiger partial charge in [0.25, 0.3) is 5.91 Å². The largest absolute Gasteiger partial charge is 0.478 e. The molecule has 1 aromatic heterocycles. The molecule has 1 aliphatic rings. The van der Waals surface area contributed by atoms with E-state index in [2.05, 4.69) is 36.1 Å². The Morgan fingerprint density at radius 1 is 1.32 bits per heavy atom. The van der Waals surface area contributed by atoms with E-state index in [1.54, 1.807) is 20.8 Å². The Morgan fingerprint density at radius 3 is 2.56 bits per heavy atom. The van der Waals surface area contributed by atoms with E-state index in [0.717, 1.165) is 11.3 Å². The van der Waals surface area contributed by atoms with Crippen LogP contribution in [0.1, 0.15) is 40.3 Å². The first-order valence-electron chi connectivity index (χ1n) is 9.83. The Labute approximate surface area is 197 Å². The summed E-state index contributed by atoms with van der Waals surface area (Å²) in [6.45, 7) is 7.48. The topological polar surface area (TPSA) is 219 Å². The molecule has 15 nitrogen and oxygen atoms in total. The summed E-state index contributed by atoms with van der Waals surface area (Å²) < 4.78 is 5.15. The van der Waals surface area contributed by atoms with Gasteiger partial charge in [0.2, 0.25) is 16.4 Å². The minimum absolute atomic E-state index is 0.0319. The summed E-state index contributed by atoms with van der Waals surface area (Å²) in [6.07, 6.45) is -0.767. The van der Waals surface area contributed by atoms with E-state index in [9.17, 15) is 24.3 Å². The van der Waals surface area contributed by atoms with Crippen molar-refractivity contribution >= 4 is 46.1 Å². The monoisotopic (exact) mass is 497 g/mol. The van der Waals surface area contributed by atoms with Gasteiger partial charge in [0.15, 0.2) is 10.8 Å². The molecule has 2 atom stereocenters. The van der Waals surface area contributed by atoms with Gasteiger partial charge in [-0.25, -0.2) is 14.6 Å². The van der Waals surface area contributed by atoms with Crippen molar-refractivity contribution in [2.75, 3.05) is 11.9 Å². The Hall–Kier alpha value is -3.91. The van der Waals surface area contributed by atoms with E-state index < -0.39 is 52.9 Å². The lowest BCUT2D eigenvalue weighted by molar-refractivity contribution is -0.161. The number of hydrogen-bond acceptors (Lipinski definition) is 11. The van der Waals surface area contributed by atoms with Crippen LogP contribution in [0.2, 0.25) is 0 Å². The first kappa shape index (κ1) is 26.3. The van der Waals surface area contributed by atoms with Gasteiger partial charge in [-0.15, -0.1) is 11.3 Å². The van der Waals surface area contributed by atoms with Crippen LogP contribution < -0.4 is 20.9 Å². The molecular weight excluding hydrogens is 472 g/mol. The fourth-order valence-electron chi connectivity index (χ4n) is 2.33. The summed E-state index contributed by atoms with van der Waals surface area (Å²) in [5.74, 6) is -2.71. The molecule has 5 N–H and O–H groups in total. The number of carboxylic acid groups (broad SMARTS) is 1. The number of β-lactam (4-membered cyclic amide) rings is 1. The molecule has 0 aliphatic carbocycles. The maximum absolute atomic E-state index is 12.9. The predicted octanol–water partition coefficient (Wildman–Crippen LogP) is 0.608. The minimum Gasteiger partial charge on any atom is -0.478 e. The highest BCUT2D eigenvalue weighted by Crippen LogP contribution is 2.19. The summed E-state index contributed by atoms with van der Waals surface area (Å²) >= 11 is 0.957. The highest BCUT2D eigenvalue weighted by molar-refractivity contribution is 7.14. The molecule has 2 heterocycles. The molecule has 1 aromatic rings. The van der Waals surface area contributed by atoms with Crippen molar-refractivity contribution < 1.29 is 33.9 Å². The number of aromatic nitrogens is 1. The maximum Gasteiger partial charge on any atom is 0.413 e. The van der Waals surface area contributed by atoms with Gasteiger partial charge < -0.3 is 25.3 Å². The zero-order valence-electron chi connectivity index (χ0n) is 19.0. The zero-order valence-corrected chi connectivity index (χ0v) is 19.8. The van der Waals surface area contributed by atoms with Gasteiger partial charge in [-0.2, -0.15) is 0 Å². The Morgan fingerprint density at radius 2 is 2.00 bits per heavy atom. The smallest absolute Gasteiger partial charge is 0.413 e. The highest BCUT2D eigenvalue weighted by Gasteiger charge is 2.42. The summed E-state index contributed by atoms with van der Waals surface area (Å²) in [4.78, 5) is 60.2. The molecular formula is C18H25N8O7S+. The maximum atomic E-state index is 12.9. The van der Waals surface area contributed by atoms with Gasteiger partial charge in [-0.1, -0.05) is 5.16 Å². The first-order valence-corrected chi connectivity index (χ1v) is 10.7. The average Bonchev–Trinajstić information content (AvgIpc) is 3.15. The van der Waals surface area contributed by atoms with E-state index in [4.69, 9.17) is 15.1 Å². The van der Waals surface area contributed by atoms with Crippen LogP contribution in [-0.4, -0.2) is 69.5 Å². The lowest BCUT2D eigenvalue weighted by Gasteiger charge is -2.34. The molecule has 184 valence electrons. The van der Waals surface area contributed by atoms with Crippen LogP contribution in [0.4, 0.5) is 9.93 Å². The lowest BCUT2D eigenvalue weighted by atomic mass is 9.99. The normalized spacial score (nSPS) is 18.0. The molecule has 0 bridgehead atoms. The molecule has 1 saturated heterocycles. The van der Waals surface area contributed by atoms with Gasteiger partial charge >= 0.3 is 12.1 Å². The van der Waals surface area contributed by atoms with Crippen LogP contribution in [0, 0.1) is 5.53 Å². The van der Waals surface area contributed by atoms with Crippen LogP contribution in [0.25, 0.3) is 0 Å². The molecule has 1 fully saturated rings. The second-order valence-electron chi connectivity index (χ2n) is 8.50. The van der Waals surface area contributed by atoms with E-state index >= 15 is 0 Å². The molecule has 16 heteroatoms. The van der Waals surface area contributed by atoms with Crippen molar-refractivity contribution in [3.8, 4) is 0 Å². The van der Waals surface area contributed by atoms with Crippen LogP contribution in [0.3, 0.4) is 0 Å². The predicted molar refractivity (Wildman–Crippen MR) is 117 cm³/mol. The molecule has 0 saturated carbocycles. The number of nitrogens with one attached hydrogen (secondary N) is 4. The molecule has 34 heavy (non-hydrogen) atoms. The van der Waals surface area contributed by atoms with Gasteiger partial charge in [0.05, 0.1) is 6.04 Å². The number of ether oxygens (including phenoxy) is 1. The lowest BCUT2D eigenvalue weighted by Crippen LogP contribution is -2.70. The number of oxime groups is 1. The number of carbonyl (C=O) groups excluding carboxylic acids is 3. The molecule has 0 aromatic carbocycles. The molecule has 2 rings (SSSR count). The number of anilines is 1. The van der Waals surface area contributed by atoms with E-state index in [-0.39, 0.29) is 17.4 Å².